The third kappa shape index (κ3) is 12.7. The molecule has 0 bridgehead atoms. The molecular weight excluding hydrogens is 326 g/mol. The molecule has 4 heterocycles. The van der Waals surface area contributed by atoms with E-state index in [1.807, 2.05) is 20.0 Å². The Balaban J connectivity index is 0.000000174. The molecule has 0 atom stereocenters. The summed E-state index contributed by atoms with van der Waals surface area (Å²) in [5.74, 6) is 1.88. The SMILES string of the molecule is CC1CCNCC1.CC1CCOCC1.Cc1cn[nH]c1.Cc1cnc[nH]1. The Morgan fingerprint density at radius 3 is 1.85 bits per heavy atom. The predicted molar refractivity (Wildman–Crippen MR) is 107 cm³/mol. The van der Waals surface area contributed by atoms with Gasteiger partial charge in [-0.2, -0.15) is 5.10 Å². The van der Waals surface area contributed by atoms with E-state index in [1.54, 1.807) is 18.7 Å². The Morgan fingerprint density at radius 1 is 0.962 bits per heavy atom. The smallest absolute Gasteiger partial charge is 0.0921 e. The van der Waals surface area contributed by atoms with Gasteiger partial charge in [0.15, 0.2) is 0 Å². The standard InChI is InChI=1S/C6H13N.C6H12O.2C4H6N2/c2*1-6-2-4-7-5-3-6;1-4-2-5-3-6-4;1-4-2-5-6-3-4/h6-7H,2-5H2,1H3;6H,2-5H2,1H3;2*2-3H,1H3,(H,5,6). The molecule has 0 unspecified atom stereocenters. The van der Waals surface area contributed by atoms with E-state index in [9.17, 15) is 0 Å². The molecule has 0 radical (unpaired) electrons. The number of aromatic amines is 2. The maximum atomic E-state index is 5.14. The number of nitrogens with one attached hydrogen (secondary N) is 3. The molecule has 2 aliphatic heterocycles. The largest absolute Gasteiger partial charge is 0.381 e. The van der Waals surface area contributed by atoms with Crippen LogP contribution in [0, 0.1) is 25.7 Å². The minimum absolute atomic E-state index is 0.911. The predicted octanol–water partition coefficient (Wildman–Crippen LogP) is 3.88. The van der Waals surface area contributed by atoms with Crippen LogP contribution in [0.3, 0.4) is 0 Å². The van der Waals surface area contributed by atoms with Crippen molar-refractivity contribution in [3.8, 4) is 0 Å². The topological polar surface area (TPSA) is 78.6 Å². The zero-order valence-electron chi connectivity index (χ0n) is 16.9. The van der Waals surface area contributed by atoms with Gasteiger partial charge >= 0.3 is 0 Å². The second-order valence-electron chi connectivity index (χ2n) is 7.24. The van der Waals surface area contributed by atoms with Crippen LogP contribution in [0.25, 0.3) is 0 Å². The molecule has 148 valence electrons. The Hall–Kier alpha value is -1.66. The Bertz CT molecular complexity index is 452. The minimum Gasteiger partial charge on any atom is -0.381 e. The molecule has 2 fully saturated rings. The monoisotopic (exact) mass is 363 g/mol. The van der Waals surface area contributed by atoms with Gasteiger partial charge in [-0.25, -0.2) is 4.98 Å². The number of aromatic nitrogens is 4. The molecule has 2 aromatic rings. The normalized spacial score (nSPS) is 17.7. The van der Waals surface area contributed by atoms with E-state index < -0.39 is 0 Å². The van der Waals surface area contributed by atoms with Crippen LogP contribution in [0.4, 0.5) is 0 Å². The third-order valence-electron chi connectivity index (χ3n) is 4.41. The van der Waals surface area contributed by atoms with E-state index in [0.717, 1.165) is 30.7 Å². The van der Waals surface area contributed by atoms with Gasteiger partial charge in [-0.1, -0.05) is 13.8 Å². The van der Waals surface area contributed by atoms with E-state index in [4.69, 9.17) is 4.74 Å². The highest BCUT2D eigenvalue weighted by Gasteiger charge is 2.06. The second kappa shape index (κ2) is 14.5. The van der Waals surface area contributed by atoms with Crippen molar-refractivity contribution in [1.82, 2.24) is 25.5 Å². The van der Waals surface area contributed by atoms with Gasteiger partial charge in [0.25, 0.3) is 0 Å². The summed E-state index contributed by atoms with van der Waals surface area (Å²) in [4.78, 5) is 6.66. The maximum absolute atomic E-state index is 5.14. The van der Waals surface area contributed by atoms with Gasteiger partial charge in [-0.15, -0.1) is 0 Å². The molecule has 2 aromatic heterocycles. The minimum atomic E-state index is 0.911. The molecule has 4 rings (SSSR count). The van der Waals surface area contributed by atoms with Gasteiger partial charge < -0.3 is 15.0 Å². The summed E-state index contributed by atoms with van der Waals surface area (Å²) in [6.45, 7) is 13.0. The molecule has 2 saturated heterocycles. The molecule has 3 N–H and O–H groups in total. The van der Waals surface area contributed by atoms with Crippen molar-refractivity contribution in [3.05, 3.63) is 36.2 Å². The van der Waals surface area contributed by atoms with E-state index in [1.165, 1.54) is 44.3 Å². The quantitative estimate of drug-likeness (QED) is 0.664. The van der Waals surface area contributed by atoms with Crippen LogP contribution in [-0.4, -0.2) is 46.5 Å². The van der Waals surface area contributed by atoms with Crippen molar-refractivity contribution in [2.45, 2.75) is 53.4 Å². The van der Waals surface area contributed by atoms with Gasteiger partial charge in [0, 0.05) is 31.3 Å². The maximum Gasteiger partial charge on any atom is 0.0921 e. The van der Waals surface area contributed by atoms with Crippen LogP contribution < -0.4 is 5.32 Å². The lowest BCUT2D eigenvalue weighted by Gasteiger charge is -2.17. The van der Waals surface area contributed by atoms with E-state index in [2.05, 4.69) is 39.3 Å². The highest BCUT2D eigenvalue weighted by atomic mass is 16.5. The lowest BCUT2D eigenvalue weighted by Crippen LogP contribution is -2.26. The third-order valence-corrected chi connectivity index (χ3v) is 4.41. The molecule has 0 amide bonds. The Kier molecular flexibility index (Phi) is 12.5. The first-order valence-electron chi connectivity index (χ1n) is 9.76. The molecule has 2 aliphatic rings. The van der Waals surface area contributed by atoms with Gasteiger partial charge in [-0.05, 0) is 70.0 Å². The van der Waals surface area contributed by atoms with Crippen LogP contribution in [0.2, 0.25) is 0 Å². The van der Waals surface area contributed by atoms with Gasteiger partial charge in [0.1, 0.15) is 0 Å². The summed E-state index contributed by atoms with van der Waals surface area (Å²) in [5, 5.41) is 9.69. The van der Waals surface area contributed by atoms with Crippen molar-refractivity contribution in [1.29, 1.82) is 0 Å². The molecule has 6 nitrogen and oxygen atoms in total. The first-order valence-corrected chi connectivity index (χ1v) is 9.76. The summed E-state index contributed by atoms with van der Waals surface area (Å²) < 4.78 is 5.14. The number of nitrogens with zero attached hydrogens (tertiary/aromatic N) is 2. The summed E-state index contributed by atoms with van der Waals surface area (Å²) in [6, 6.07) is 0. The van der Waals surface area contributed by atoms with E-state index in [-0.39, 0.29) is 0 Å². The molecule has 0 spiro atoms. The number of rotatable bonds is 0. The summed E-state index contributed by atoms with van der Waals surface area (Å²) in [6.07, 6.45) is 12.3. The van der Waals surface area contributed by atoms with E-state index in [0.29, 0.717) is 0 Å². The Morgan fingerprint density at radius 2 is 1.62 bits per heavy atom. The van der Waals surface area contributed by atoms with Crippen molar-refractivity contribution in [2.75, 3.05) is 26.3 Å². The number of ether oxygens (including phenoxy) is 1. The number of H-pyrrole nitrogens is 2. The molecule has 0 saturated carbocycles. The molecule has 0 aromatic carbocycles. The molecule has 0 aliphatic carbocycles. The Labute approximate surface area is 158 Å². The fourth-order valence-corrected chi connectivity index (χ4v) is 2.42. The molecular formula is C20H37N5O. The highest BCUT2D eigenvalue weighted by Crippen LogP contribution is 2.11. The van der Waals surface area contributed by atoms with Crippen molar-refractivity contribution in [2.24, 2.45) is 11.8 Å². The number of hydrogen-bond acceptors (Lipinski definition) is 4. The average molecular weight is 364 g/mol. The van der Waals surface area contributed by atoms with Gasteiger partial charge in [0.2, 0.25) is 0 Å². The summed E-state index contributed by atoms with van der Waals surface area (Å²) >= 11 is 0. The van der Waals surface area contributed by atoms with Crippen LogP contribution in [0.5, 0.6) is 0 Å². The zero-order chi connectivity index (χ0) is 19.0. The van der Waals surface area contributed by atoms with Crippen LogP contribution in [-0.2, 0) is 4.74 Å². The van der Waals surface area contributed by atoms with E-state index >= 15 is 0 Å². The first kappa shape index (κ1) is 22.4. The van der Waals surface area contributed by atoms with Crippen molar-refractivity contribution >= 4 is 0 Å². The van der Waals surface area contributed by atoms with Crippen molar-refractivity contribution < 1.29 is 4.74 Å². The van der Waals surface area contributed by atoms with Crippen LogP contribution in [0.1, 0.15) is 50.8 Å². The number of piperidine rings is 1. The lowest BCUT2D eigenvalue weighted by molar-refractivity contribution is 0.0716. The highest BCUT2D eigenvalue weighted by molar-refractivity contribution is 4.96. The van der Waals surface area contributed by atoms with Crippen LogP contribution in [0.15, 0.2) is 24.9 Å². The number of hydrogen-bond donors (Lipinski definition) is 3. The van der Waals surface area contributed by atoms with Crippen molar-refractivity contribution in [3.63, 3.8) is 0 Å². The lowest BCUT2D eigenvalue weighted by atomic mass is 10.0. The molecule has 26 heavy (non-hydrogen) atoms. The van der Waals surface area contributed by atoms with Crippen LogP contribution >= 0.6 is 0 Å². The summed E-state index contributed by atoms with van der Waals surface area (Å²) in [5.41, 5.74) is 2.28. The van der Waals surface area contributed by atoms with Gasteiger partial charge in [-0.3, -0.25) is 5.10 Å². The fourth-order valence-electron chi connectivity index (χ4n) is 2.42. The first-order chi connectivity index (χ1) is 12.6. The number of aryl methyl sites for hydroxylation is 2. The fraction of sp³-hybridized carbons (Fsp3) is 0.700. The average Bonchev–Trinajstić information content (AvgIpc) is 3.31. The zero-order valence-corrected chi connectivity index (χ0v) is 16.9. The van der Waals surface area contributed by atoms with Gasteiger partial charge in [0.05, 0.1) is 12.5 Å². The molecule has 6 heteroatoms. The summed E-state index contributed by atoms with van der Waals surface area (Å²) in [7, 11) is 0. The second-order valence-corrected chi connectivity index (χ2v) is 7.24. The number of imidazole rings is 1.